The molecule has 150 valence electrons. The zero-order chi connectivity index (χ0) is 20.5. The van der Waals surface area contributed by atoms with E-state index in [1.165, 1.54) is 7.11 Å². The van der Waals surface area contributed by atoms with E-state index >= 15 is 0 Å². The van der Waals surface area contributed by atoms with Crippen LogP contribution in [0.4, 0.5) is 11.4 Å². The Bertz CT molecular complexity index is 808. The van der Waals surface area contributed by atoms with Crippen LogP contribution in [-0.4, -0.2) is 46.2 Å². The van der Waals surface area contributed by atoms with Crippen LogP contribution in [0.3, 0.4) is 0 Å². The van der Waals surface area contributed by atoms with E-state index in [-0.39, 0.29) is 18.9 Å². The van der Waals surface area contributed by atoms with E-state index in [1.807, 2.05) is 12.1 Å². The number of methoxy groups -OCH3 is 3. The number of primary amides is 1. The summed E-state index contributed by atoms with van der Waals surface area (Å²) in [6.45, 7) is 0.370. The summed E-state index contributed by atoms with van der Waals surface area (Å²) in [6.07, 6.45) is 0.135. The monoisotopic (exact) mass is 387 g/mol. The molecule has 8 nitrogen and oxygen atoms in total. The van der Waals surface area contributed by atoms with Crippen LogP contribution in [0.5, 0.6) is 17.2 Å². The summed E-state index contributed by atoms with van der Waals surface area (Å²) in [5.74, 6) is 1.11. The number of anilines is 2. The summed E-state index contributed by atoms with van der Waals surface area (Å²) in [5, 5.41) is 2.82. The molecular formula is C20H25N3O5. The molecule has 0 unspecified atom stereocenters. The number of hydrogen-bond donors (Lipinski definition) is 2. The molecule has 2 aromatic carbocycles. The van der Waals surface area contributed by atoms with E-state index in [0.29, 0.717) is 29.5 Å². The van der Waals surface area contributed by atoms with Gasteiger partial charge in [-0.1, -0.05) is 0 Å². The fraction of sp³-hybridized carbons (Fsp3) is 0.300. The Kier molecular flexibility index (Phi) is 7.50. The van der Waals surface area contributed by atoms with E-state index in [2.05, 4.69) is 5.32 Å². The summed E-state index contributed by atoms with van der Waals surface area (Å²) < 4.78 is 15.6. The molecule has 3 N–H and O–H groups in total. The molecule has 0 heterocycles. The number of ether oxygens (including phenoxy) is 3. The highest BCUT2D eigenvalue weighted by molar-refractivity contribution is 5.94. The number of rotatable bonds is 10. The lowest BCUT2D eigenvalue weighted by atomic mass is 10.2. The van der Waals surface area contributed by atoms with Crippen molar-refractivity contribution in [2.45, 2.75) is 6.42 Å². The molecule has 0 atom stereocenters. The lowest BCUT2D eigenvalue weighted by Gasteiger charge is -2.24. The highest BCUT2D eigenvalue weighted by Gasteiger charge is 2.14. The predicted molar refractivity (Wildman–Crippen MR) is 107 cm³/mol. The van der Waals surface area contributed by atoms with Crippen LogP contribution in [0.15, 0.2) is 42.5 Å². The molecule has 0 aromatic heterocycles. The molecule has 0 bridgehead atoms. The minimum Gasteiger partial charge on any atom is -0.497 e. The SMILES string of the molecule is COc1ccc(N(CCC(N)=O)CC(=O)Nc2ccc(OC)c(OC)c2)cc1. The van der Waals surface area contributed by atoms with Gasteiger partial charge in [0.15, 0.2) is 11.5 Å². The maximum Gasteiger partial charge on any atom is 0.243 e. The second-order valence-corrected chi connectivity index (χ2v) is 5.95. The van der Waals surface area contributed by atoms with Gasteiger partial charge in [0.2, 0.25) is 11.8 Å². The zero-order valence-corrected chi connectivity index (χ0v) is 16.2. The van der Waals surface area contributed by atoms with E-state index in [1.54, 1.807) is 49.5 Å². The number of amides is 2. The van der Waals surface area contributed by atoms with Crippen molar-refractivity contribution >= 4 is 23.2 Å². The van der Waals surface area contributed by atoms with Gasteiger partial charge in [-0.25, -0.2) is 0 Å². The van der Waals surface area contributed by atoms with Crippen molar-refractivity contribution < 1.29 is 23.8 Å². The van der Waals surface area contributed by atoms with Gasteiger partial charge < -0.3 is 30.2 Å². The van der Waals surface area contributed by atoms with Crippen molar-refractivity contribution in [2.24, 2.45) is 5.73 Å². The lowest BCUT2D eigenvalue weighted by molar-refractivity contribution is -0.118. The Morgan fingerprint density at radius 2 is 1.64 bits per heavy atom. The summed E-state index contributed by atoms with van der Waals surface area (Å²) in [5.41, 5.74) is 6.62. The third-order valence-electron chi connectivity index (χ3n) is 4.07. The van der Waals surface area contributed by atoms with Gasteiger partial charge in [0.1, 0.15) is 5.75 Å². The van der Waals surface area contributed by atoms with Crippen molar-refractivity contribution in [1.29, 1.82) is 0 Å². The van der Waals surface area contributed by atoms with Gasteiger partial charge in [-0.3, -0.25) is 9.59 Å². The average molecular weight is 387 g/mol. The quantitative estimate of drug-likeness (QED) is 0.647. The van der Waals surface area contributed by atoms with Crippen LogP contribution >= 0.6 is 0 Å². The lowest BCUT2D eigenvalue weighted by Crippen LogP contribution is -2.35. The average Bonchev–Trinajstić information content (AvgIpc) is 2.70. The minimum absolute atomic E-state index is 0.0496. The van der Waals surface area contributed by atoms with Gasteiger partial charge in [-0.05, 0) is 36.4 Å². The van der Waals surface area contributed by atoms with Gasteiger partial charge in [-0.15, -0.1) is 0 Å². The number of hydrogen-bond acceptors (Lipinski definition) is 6. The zero-order valence-electron chi connectivity index (χ0n) is 16.2. The molecule has 0 saturated heterocycles. The van der Waals surface area contributed by atoms with Gasteiger partial charge >= 0.3 is 0 Å². The normalized spacial score (nSPS) is 10.1. The summed E-state index contributed by atoms with van der Waals surface area (Å²) in [7, 11) is 4.65. The molecule has 28 heavy (non-hydrogen) atoms. The molecule has 0 saturated carbocycles. The van der Waals surface area contributed by atoms with E-state index in [9.17, 15) is 9.59 Å². The highest BCUT2D eigenvalue weighted by Crippen LogP contribution is 2.29. The number of nitrogens with one attached hydrogen (secondary N) is 1. The van der Waals surface area contributed by atoms with Gasteiger partial charge in [-0.2, -0.15) is 0 Å². The van der Waals surface area contributed by atoms with Gasteiger partial charge in [0.25, 0.3) is 0 Å². The van der Waals surface area contributed by atoms with E-state index in [4.69, 9.17) is 19.9 Å². The summed E-state index contributed by atoms with van der Waals surface area (Å²) >= 11 is 0. The second kappa shape index (κ2) is 10.1. The van der Waals surface area contributed by atoms with Crippen LogP contribution < -0.4 is 30.2 Å². The Balaban J connectivity index is 2.11. The Morgan fingerprint density at radius 3 is 2.21 bits per heavy atom. The van der Waals surface area contributed by atoms with Crippen molar-refractivity contribution in [3.8, 4) is 17.2 Å². The largest absolute Gasteiger partial charge is 0.497 e. The molecule has 0 radical (unpaired) electrons. The first-order valence-corrected chi connectivity index (χ1v) is 8.66. The fourth-order valence-electron chi connectivity index (χ4n) is 2.63. The third kappa shape index (κ3) is 5.80. The number of carbonyl (C=O) groups excluding carboxylic acids is 2. The molecule has 0 aliphatic rings. The summed E-state index contributed by atoms with van der Waals surface area (Å²) in [4.78, 5) is 25.5. The van der Waals surface area contributed by atoms with Gasteiger partial charge in [0.05, 0.1) is 27.9 Å². The van der Waals surface area contributed by atoms with Crippen molar-refractivity contribution in [3.63, 3.8) is 0 Å². The number of nitrogens with zero attached hydrogens (tertiary/aromatic N) is 1. The first-order valence-electron chi connectivity index (χ1n) is 8.66. The molecule has 8 heteroatoms. The van der Waals surface area contributed by atoms with E-state index in [0.717, 1.165) is 5.69 Å². The number of carbonyl (C=O) groups is 2. The fourth-order valence-corrected chi connectivity index (χ4v) is 2.63. The molecule has 0 aliphatic heterocycles. The standard InChI is InChI=1S/C20H25N3O5/c1-26-16-7-5-15(6-8-16)23(11-10-19(21)24)13-20(25)22-14-4-9-17(27-2)18(12-14)28-3/h4-9,12H,10-11,13H2,1-3H3,(H2,21,24)(H,22,25). The smallest absolute Gasteiger partial charge is 0.243 e. The van der Waals surface area contributed by atoms with Crippen molar-refractivity contribution in [1.82, 2.24) is 0 Å². The second-order valence-electron chi connectivity index (χ2n) is 5.95. The molecule has 2 amide bonds. The number of benzene rings is 2. The van der Waals surface area contributed by atoms with E-state index < -0.39 is 5.91 Å². The van der Waals surface area contributed by atoms with Crippen molar-refractivity contribution in [2.75, 3.05) is 44.6 Å². The topological polar surface area (TPSA) is 103 Å². The predicted octanol–water partition coefficient (Wildman–Crippen LogP) is 2.03. The van der Waals surface area contributed by atoms with Crippen LogP contribution in [0, 0.1) is 0 Å². The Morgan fingerprint density at radius 1 is 0.964 bits per heavy atom. The van der Waals surface area contributed by atoms with Crippen LogP contribution in [-0.2, 0) is 9.59 Å². The van der Waals surface area contributed by atoms with Gasteiger partial charge in [0, 0.05) is 30.4 Å². The molecule has 0 aliphatic carbocycles. The molecular weight excluding hydrogens is 362 g/mol. The maximum absolute atomic E-state index is 12.6. The van der Waals surface area contributed by atoms with Crippen LogP contribution in [0.1, 0.15) is 6.42 Å². The Hall–Kier alpha value is -3.42. The minimum atomic E-state index is -0.432. The first-order chi connectivity index (χ1) is 13.5. The van der Waals surface area contributed by atoms with Crippen LogP contribution in [0.2, 0.25) is 0 Å². The molecule has 2 rings (SSSR count). The molecule has 2 aromatic rings. The third-order valence-corrected chi connectivity index (χ3v) is 4.07. The maximum atomic E-state index is 12.6. The first kappa shape index (κ1) is 20.9. The molecule has 0 spiro atoms. The number of nitrogens with two attached hydrogens (primary N) is 1. The highest BCUT2D eigenvalue weighted by atomic mass is 16.5. The summed E-state index contributed by atoms with van der Waals surface area (Å²) in [6, 6.07) is 12.3. The Labute approximate surface area is 164 Å². The van der Waals surface area contributed by atoms with Crippen molar-refractivity contribution in [3.05, 3.63) is 42.5 Å². The van der Waals surface area contributed by atoms with Crippen LogP contribution in [0.25, 0.3) is 0 Å². The molecule has 0 fully saturated rings.